The van der Waals surface area contributed by atoms with E-state index in [2.05, 4.69) is 17.4 Å². The van der Waals surface area contributed by atoms with Crippen LogP contribution in [-0.4, -0.2) is 36.2 Å². The van der Waals surface area contributed by atoms with E-state index in [0.29, 0.717) is 13.1 Å². The average molecular weight is 262 g/mol. The second-order valence-corrected chi connectivity index (χ2v) is 5.84. The van der Waals surface area contributed by atoms with Crippen molar-refractivity contribution in [1.29, 1.82) is 0 Å². The zero-order valence-electron chi connectivity index (χ0n) is 11.8. The quantitative estimate of drug-likeness (QED) is 0.845. The Kier molecular flexibility index (Phi) is 4.10. The summed E-state index contributed by atoms with van der Waals surface area (Å²) in [5.41, 5.74) is 0.764. The van der Waals surface area contributed by atoms with Gasteiger partial charge in [0.25, 0.3) is 0 Å². The Morgan fingerprint density at radius 3 is 2.63 bits per heavy atom. The van der Waals surface area contributed by atoms with Gasteiger partial charge in [-0.1, -0.05) is 30.3 Å². The van der Waals surface area contributed by atoms with E-state index >= 15 is 0 Å². The lowest BCUT2D eigenvalue weighted by Crippen LogP contribution is -2.49. The number of hydrogen-bond acceptors (Lipinski definition) is 3. The van der Waals surface area contributed by atoms with Gasteiger partial charge in [-0.05, 0) is 26.3 Å². The normalized spacial score (nSPS) is 20.2. The molecule has 1 aromatic rings. The summed E-state index contributed by atoms with van der Waals surface area (Å²) in [4.78, 5) is 13.8. The van der Waals surface area contributed by atoms with Crippen LogP contribution in [-0.2, 0) is 4.74 Å². The summed E-state index contributed by atoms with van der Waals surface area (Å²) in [5.74, 6) is 0. The van der Waals surface area contributed by atoms with E-state index in [4.69, 9.17) is 4.74 Å². The Bertz CT molecular complexity index is 426. The average Bonchev–Trinajstić information content (AvgIpc) is 2.38. The summed E-state index contributed by atoms with van der Waals surface area (Å²) in [7, 11) is 0. The predicted octanol–water partition coefficient (Wildman–Crippen LogP) is 2.57. The number of hydrogen-bond donors (Lipinski definition) is 1. The Balaban J connectivity index is 2.00. The third-order valence-corrected chi connectivity index (χ3v) is 3.03. The van der Waals surface area contributed by atoms with E-state index in [0.717, 1.165) is 6.54 Å². The molecule has 4 heteroatoms. The van der Waals surface area contributed by atoms with Gasteiger partial charge in [-0.15, -0.1) is 0 Å². The van der Waals surface area contributed by atoms with Crippen molar-refractivity contribution in [2.45, 2.75) is 32.4 Å². The summed E-state index contributed by atoms with van der Waals surface area (Å²) >= 11 is 0. The van der Waals surface area contributed by atoms with Gasteiger partial charge in [-0.25, -0.2) is 4.79 Å². The highest BCUT2D eigenvalue weighted by molar-refractivity contribution is 5.68. The molecule has 0 aromatic heterocycles. The molecule has 0 bridgehead atoms. The van der Waals surface area contributed by atoms with Crippen LogP contribution in [0.1, 0.15) is 32.4 Å². The second-order valence-electron chi connectivity index (χ2n) is 5.84. The third kappa shape index (κ3) is 3.96. The molecule has 1 atom stereocenters. The van der Waals surface area contributed by atoms with Crippen molar-refractivity contribution in [3.63, 3.8) is 0 Å². The molecule has 104 valence electrons. The molecule has 1 aromatic carbocycles. The number of rotatable bonds is 1. The van der Waals surface area contributed by atoms with Gasteiger partial charge < -0.3 is 15.0 Å². The van der Waals surface area contributed by atoms with Gasteiger partial charge in [0, 0.05) is 19.6 Å². The zero-order valence-corrected chi connectivity index (χ0v) is 11.8. The number of ether oxygens (including phenoxy) is 1. The van der Waals surface area contributed by atoms with Gasteiger partial charge in [0.05, 0.1) is 6.04 Å². The maximum absolute atomic E-state index is 12.1. The van der Waals surface area contributed by atoms with Crippen LogP contribution in [0, 0.1) is 0 Å². The SMILES string of the molecule is CC(C)(C)OC(=O)N1CCN[C@@H](c2ccccc2)C1. The topological polar surface area (TPSA) is 41.6 Å². The lowest BCUT2D eigenvalue weighted by atomic mass is 10.1. The molecular formula is C15H22N2O2. The van der Waals surface area contributed by atoms with Crippen molar-refractivity contribution in [2.24, 2.45) is 0 Å². The number of benzene rings is 1. The first kappa shape index (κ1) is 13.9. The van der Waals surface area contributed by atoms with Gasteiger partial charge in [0.1, 0.15) is 5.60 Å². The lowest BCUT2D eigenvalue weighted by molar-refractivity contribution is 0.0195. The minimum atomic E-state index is -0.440. The molecule has 1 aliphatic heterocycles. The summed E-state index contributed by atoms with van der Waals surface area (Å²) in [6.45, 7) is 7.81. The number of nitrogens with zero attached hydrogens (tertiary/aromatic N) is 1. The molecule has 1 saturated heterocycles. The third-order valence-electron chi connectivity index (χ3n) is 3.03. The van der Waals surface area contributed by atoms with Crippen LogP contribution in [0.15, 0.2) is 30.3 Å². The van der Waals surface area contributed by atoms with Crippen molar-refractivity contribution < 1.29 is 9.53 Å². The highest BCUT2D eigenvalue weighted by Crippen LogP contribution is 2.18. The highest BCUT2D eigenvalue weighted by atomic mass is 16.6. The summed E-state index contributed by atoms with van der Waals surface area (Å²) in [6, 6.07) is 10.4. The predicted molar refractivity (Wildman–Crippen MR) is 75.0 cm³/mol. The van der Waals surface area contributed by atoms with E-state index in [1.807, 2.05) is 39.0 Å². The summed E-state index contributed by atoms with van der Waals surface area (Å²) in [5, 5.41) is 3.43. The Labute approximate surface area is 114 Å². The van der Waals surface area contributed by atoms with Gasteiger partial charge in [-0.2, -0.15) is 0 Å². The van der Waals surface area contributed by atoms with Crippen LogP contribution < -0.4 is 5.32 Å². The number of carbonyl (C=O) groups is 1. The van der Waals surface area contributed by atoms with Crippen molar-refractivity contribution in [1.82, 2.24) is 10.2 Å². The van der Waals surface area contributed by atoms with Gasteiger partial charge in [0.2, 0.25) is 0 Å². The molecule has 1 N–H and O–H groups in total. The first-order chi connectivity index (χ1) is 8.96. The van der Waals surface area contributed by atoms with Crippen molar-refractivity contribution >= 4 is 6.09 Å². The van der Waals surface area contributed by atoms with E-state index in [1.54, 1.807) is 4.90 Å². The molecule has 0 aliphatic carbocycles. The standard InChI is InChI=1S/C15H22N2O2/c1-15(2,3)19-14(18)17-10-9-16-13(11-17)12-7-5-4-6-8-12/h4-8,13,16H,9-11H2,1-3H3/t13-/m1/s1. The van der Waals surface area contributed by atoms with Gasteiger partial charge in [-0.3, -0.25) is 0 Å². The van der Waals surface area contributed by atoms with Crippen LogP contribution >= 0.6 is 0 Å². The molecule has 1 fully saturated rings. The minimum Gasteiger partial charge on any atom is -0.444 e. The number of amides is 1. The van der Waals surface area contributed by atoms with Crippen LogP contribution in [0.3, 0.4) is 0 Å². The van der Waals surface area contributed by atoms with Gasteiger partial charge in [0.15, 0.2) is 0 Å². The molecule has 0 spiro atoms. The number of carbonyl (C=O) groups excluding carboxylic acids is 1. The van der Waals surface area contributed by atoms with E-state index in [1.165, 1.54) is 5.56 Å². The monoisotopic (exact) mass is 262 g/mol. The van der Waals surface area contributed by atoms with Crippen molar-refractivity contribution in [3.05, 3.63) is 35.9 Å². The molecule has 1 aliphatic rings. The van der Waals surface area contributed by atoms with Crippen molar-refractivity contribution in [3.8, 4) is 0 Å². The fourth-order valence-electron chi connectivity index (χ4n) is 2.15. The minimum absolute atomic E-state index is 0.183. The lowest BCUT2D eigenvalue weighted by Gasteiger charge is -2.35. The van der Waals surface area contributed by atoms with Gasteiger partial charge >= 0.3 is 6.09 Å². The molecule has 1 amide bonds. The first-order valence-electron chi connectivity index (χ1n) is 6.72. The maximum atomic E-state index is 12.1. The summed E-state index contributed by atoms with van der Waals surface area (Å²) < 4.78 is 5.42. The van der Waals surface area contributed by atoms with Crippen LogP contribution in [0.2, 0.25) is 0 Å². The molecule has 2 rings (SSSR count). The molecule has 4 nitrogen and oxygen atoms in total. The number of piperazine rings is 1. The van der Waals surface area contributed by atoms with E-state index in [9.17, 15) is 4.79 Å². The first-order valence-corrected chi connectivity index (χ1v) is 6.72. The molecule has 19 heavy (non-hydrogen) atoms. The number of nitrogens with one attached hydrogen (secondary N) is 1. The Hall–Kier alpha value is -1.55. The van der Waals surface area contributed by atoms with Crippen LogP contribution in [0.25, 0.3) is 0 Å². The zero-order chi connectivity index (χ0) is 13.9. The second kappa shape index (κ2) is 5.61. The molecule has 0 radical (unpaired) electrons. The largest absolute Gasteiger partial charge is 0.444 e. The van der Waals surface area contributed by atoms with E-state index in [-0.39, 0.29) is 12.1 Å². The Morgan fingerprint density at radius 2 is 2.00 bits per heavy atom. The summed E-state index contributed by atoms with van der Waals surface area (Å²) in [6.07, 6.45) is -0.227. The molecular weight excluding hydrogens is 240 g/mol. The fourth-order valence-corrected chi connectivity index (χ4v) is 2.15. The Morgan fingerprint density at radius 1 is 1.32 bits per heavy atom. The van der Waals surface area contributed by atoms with Crippen LogP contribution in [0.5, 0.6) is 0 Å². The molecule has 1 heterocycles. The smallest absolute Gasteiger partial charge is 0.410 e. The fraction of sp³-hybridized carbons (Fsp3) is 0.533. The van der Waals surface area contributed by atoms with Crippen LogP contribution in [0.4, 0.5) is 4.79 Å². The van der Waals surface area contributed by atoms with Crippen molar-refractivity contribution in [2.75, 3.05) is 19.6 Å². The maximum Gasteiger partial charge on any atom is 0.410 e. The highest BCUT2D eigenvalue weighted by Gasteiger charge is 2.27. The van der Waals surface area contributed by atoms with E-state index < -0.39 is 5.60 Å². The molecule has 0 unspecified atom stereocenters. The molecule has 0 saturated carbocycles.